The lowest BCUT2D eigenvalue weighted by molar-refractivity contribution is 0.454. The van der Waals surface area contributed by atoms with Gasteiger partial charge in [-0.1, -0.05) is 106 Å². The smallest absolute Gasteiger partial charge is 0.166 e. The molecule has 40 heavy (non-hydrogen) atoms. The van der Waals surface area contributed by atoms with Gasteiger partial charge in [0.15, 0.2) is 11.6 Å². The first-order valence-electron chi connectivity index (χ1n) is 15.2. The molecule has 3 aromatic rings. The zero-order valence-corrected chi connectivity index (χ0v) is 24.1. The largest absolute Gasteiger partial charge is 0.206 e. The summed E-state index contributed by atoms with van der Waals surface area (Å²) in [6.07, 6.45) is 19.3. The van der Waals surface area contributed by atoms with Crippen molar-refractivity contribution in [3.8, 4) is 22.3 Å². The summed E-state index contributed by atoms with van der Waals surface area (Å²) in [7, 11) is 0. The Bertz CT molecular complexity index is 1300. The predicted molar refractivity (Wildman–Crippen MR) is 164 cm³/mol. The minimum Gasteiger partial charge on any atom is -0.206 e. The second kappa shape index (κ2) is 15.1. The monoisotopic (exact) mass is 544 g/mol. The van der Waals surface area contributed by atoms with Crippen molar-refractivity contribution in [1.29, 1.82) is 0 Å². The molecule has 0 saturated heterocycles. The quantitative estimate of drug-likeness (QED) is 0.148. The van der Waals surface area contributed by atoms with Crippen molar-refractivity contribution in [2.75, 3.05) is 0 Å². The molecule has 212 valence electrons. The van der Waals surface area contributed by atoms with Crippen LogP contribution in [-0.4, -0.2) is 0 Å². The highest BCUT2D eigenvalue weighted by molar-refractivity contribution is 5.74. The lowest BCUT2D eigenvalue weighted by Crippen LogP contribution is -2.05. The third-order valence-corrected chi connectivity index (χ3v) is 8.31. The second-order valence-electron chi connectivity index (χ2n) is 11.2. The summed E-state index contributed by atoms with van der Waals surface area (Å²) in [6, 6.07) is 15.9. The molecule has 1 atom stereocenters. The van der Waals surface area contributed by atoms with Crippen molar-refractivity contribution in [3.63, 3.8) is 0 Å². The van der Waals surface area contributed by atoms with Crippen LogP contribution in [0.15, 0.2) is 72.8 Å². The molecule has 1 aliphatic carbocycles. The van der Waals surface area contributed by atoms with E-state index in [1.54, 1.807) is 42.5 Å². The molecule has 0 aromatic heterocycles. The van der Waals surface area contributed by atoms with Crippen molar-refractivity contribution in [3.05, 3.63) is 101 Å². The average Bonchev–Trinajstić information content (AvgIpc) is 2.98. The van der Waals surface area contributed by atoms with Crippen molar-refractivity contribution >= 4 is 5.57 Å². The Morgan fingerprint density at radius 1 is 0.775 bits per heavy atom. The van der Waals surface area contributed by atoms with Crippen LogP contribution in [0.5, 0.6) is 0 Å². The van der Waals surface area contributed by atoms with Crippen molar-refractivity contribution in [2.45, 2.75) is 90.9 Å². The highest BCUT2D eigenvalue weighted by atomic mass is 19.2. The topological polar surface area (TPSA) is 0 Å². The van der Waals surface area contributed by atoms with Crippen molar-refractivity contribution < 1.29 is 13.2 Å². The number of halogens is 3. The fourth-order valence-electron chi connectivity index (χ4n) is 5.79. The van der Waals surface area contributed by atoms with Gasteiger partial charge in [-0.3, -0.25) is 0 Å². The maximum atomic E-state index is 15.2. The van der Waals surface area contributed by atoms with Gasteiger partial charge in [-0.15, -0.1) is 0 Å². The van der Waals surface area contributed by atoms with Crippen LogP contribution in [0.25, 0.3) is 27.8 Å². The molecule has 1 aliphatic rings. The summed E-state index contributed by atoms with van der Waals surface area (Å²) in [4.78, 5) is 0. The number of unbranched alkanes of at least 4 members (excludes halogenated alkanes) is 5. The first kappa shape index (κ1) is 29.9. The molecule has 1 unspecified atom stereocenters. The fraction of sp³-hybridized carbons (Fsp3) is 0.405. The Morgan fingerprint density at radius 2 is 1.45 bits per heavy atom. The zero-order valence-electron chi connectivity index (χ0n) is 24.1. The van der Waals surface area contributed by atoms with Crippen LogP contribution in [0.2, 0.25) is 0 Å². The van der Waals surface area contributed by atoms with E-state index in [4.69, 9.17) is 0 Å². The van der Waals surface area contributed by atoms with E-state index >= 15 is 4.39 Å². The van der Waals surface area contributed by atoms with Crippen molar-refractivity contribution in [2.24, 2.45) is 5.92 Å². The standard InChI is InChI=1S/C37H43F3/c1-3-5-7-8-9-11-13-31-22-25-34(37(40)36(31)39)30-20-18-29(19-21-30)33-24-23-32(26-35(33)38)28-16-14-27(15-17-28)12-10-6-4-2/h4,6,16,18-27H,3,5,7-15,17H2,1-2H3/b6-4+. The Hall–Kier alpha value is -3.07. The van der Waals surface area contributed by atoms with Crippen LogP contribution < -0.4 is 0 Å². The molecule has 4 rings (SSSR count). The third kappa shape index (κ3) is 7.77. The number of hydrogen-bond acceptors (Lipinski definition) is 0. The van der Waals surface area contributed by atoms with Gasteiger partial charge in [-0.25, -0.2) is 13.2 Å². The number of rotatable bonds is 13. The van der Waals surface area contributed by atoms with Crippen LogP contribution in [0.1, 0.15) is 95.6 Å². The van der Waals surface area contributed by atoms with Crippen LogP contribution >= 0.6 is 0 Å². The SMILES string of the molecule is C/C=C/CCC1CC=C(c2ccc(-c3ccc(-c4ccc(CCCCCCCC)c(F)c4F)cc3)c(F)c2)CC1. The highest BCUT2D eigenvalue weighted by Gasteiger charge is 2.17. The average molecular weight is 545 g/mol. The Labute approximate surface area is 239 Å². The molecule has 0 bridgehead atoms. The number of hydrogen-bond donors (Lipinski definition) is 0. The maximum Gasteiger partial charge on any atom is 0.166 e. The van der Waals surface area contributed by atoms with E-state index in [0.29, 0.717) is 29.0 Å². The summed E-state index contributed by atoms with van der Waals surface area (Å²) in [5, 5.41) is 0. The van der Waals surface area contributed by atoms with Gasteiger partial charge in [0.2, 0.25) is 0 Å². The van der Waals surface area contributed by atoms with Gasteiger partial charge in [-0.2, -0.15) is 0 Å². The molecule has 3 heteroatoms. The van der Waals surface area contributed by atoms with Crippen LogP contribution in [0, 0.1) is 23.4 Å². The van der Waals surface area contributed by atoms with Gasteiger partial charge in [0, 0.05) is 11.1 Å². The molecule has 0 saturated carbocycles. The first-order chi connectivity index (χ1) is 19.5. The van der Waals surface area contributed by atoms with Crippen molar-refractivity contribution in [1.82, 2.24) is 0 Å². The Kier molecular flexibility index (Phi) is 11.3. The van der Waals surface area contributed by atoms with Crippen LogP contribution in [0.4, 0.5) is 13.2 Å². The maximum absolute atomic E-state index is 15.2. The van der Waals surface area contributed by atoms with E-state index in [0.717, 1.165) is 56.1 Å². The van der Waals surface area contributed by atoms with E-state index in [1.807, 2.05) is 12.1 Å². The first-order valence-corrected chi connectivity index (χ1v) is 15.2. The third-order valence-electron chi connectivity index (χ3n) is 8.31. The van der Waals surface area contributed by atoms with Crippen LogP contribution in [-0.2, 0) is 6.42 Å². The number of aryl methyl sites for hydroxylation is 1. The molecule has 0 radical (unpaired) electrons. The summed E-state index contributed by atoms with van der Waals surface area (Å²) >= 11 is 0. The molecule has 0 fully saturated rings. The molecule has 0 heterocycles. The summed E-state index contributed by atoms with van der Waals surface area (Å²) < 4.78 is 45.0. The Balaban J connectivity index is 1.40. The molecule has 0 N–H and O–H groups in total. The van der Waals surface area contributed by atoms with Gasteiger partial charge in [-0.05, 0) is 91.7 Å². The normalized spacial score (nSPS) is 15.5. The molecule has 0 amide bonds. The molecular formula is C37H43F3. The number of allylic oxidation sites excluding steroid dienone is 4. The minimum atomic E-state index is -0.809. The zero-order chi connectivity index (χ0) is 28.3. The van der Waals surface area contributed by atoms with Gasteiger partial charge >= 0.3 is 0 Å². The van der Waals surface area contributed by atoms with Gasteiger partial charge in [0.25, 0.3) is 0 Å². The molecule has 0 spiro atoms. The van der Waals surface area contributed by atoms with Crippen LogP contribution in [0.3, 0.4) is 0 Å². The molecular weight excluding hydrogens is 501 g/mol. The molecule has 3 aromatic carbocycles. The lowest BCUT2D eigenvalue weighted by atomic mass is 9.84. The fourth-order valence-corrected chi connectivity index (χ4v) is 5.79. The highest BCUT2D eigenvalue weighted by Crippen LogP contribution is 2.35. The van der Waals surface area contributed by atoms with Gasteiger partial charge in [0.05, 0.1) is 0 Å². The van der Waals surface area contributed by atoms with E-state index in [2.05, 4.69) is 32.1 Å². The van der Waals surface area contributed by atoms with E-state index in [-0.39, 0.29) is 11.4 Å². The van der Waals surface area contributed by atoms with Gasteiger partial charge in [0.1, 0.15) is 5.82 Å². The minimum absolute atomic E-state index is 0.236. The molecule has 0 aliphatic heterocycles. The predicted octanol–water partition coefficient (Wildman–Crippen LogP) is 11.9. The summed E-state index contributed by atoms with van der Waals surface area (Å²) in [5.74, 6) is -1.12. The summed E-state index contributed by atoms with van der Waals surface area (Å²) in [5.41, 5.74) is 4.66. The van der Waals surface area contributed by atoms with E-state index in [1.165, 1.54) is 31.3 Å². The number of benzene rings is 3. The summed E-state index contributed by atoms with van der Waals surface area (Å²) in [6.45, 7) is 4.24. The van der Waals surface area contributed by atoms with E-state index < -0.39 is 11.6 Å². The van der Waals surface area contributed by atoms with Gasteiger partial charge < -0.3 is 0 Å². The lowest BCUT2D eigenvalue weighted by Gasteiger charge is -2.22. The Morgan fingerprint density at radius 3 is 2.12 bits per heavy atom. The second-order valence-corrected chi connectivity index (χ2v) is 11.2. The van der Waals surface area contributed by atoms with E-state index in [9.17, 15) is 8.78 Å². The molecule has 0 nitrogen and oxygen atoms in total.